The lowest BCUT2D eigenvalue weighted by molar-refractivity contribution is 0.102. The summed E-state index contributed by atoms with van der Waals surface area (Å²) in [5, 5.41) is 12.2. The summed E-state index contributed by atoms with van der Waals surface area (Å²) >= 11 is 1.35. The van der Waals surface area contributed by atoms with E-state index in [-0.39, 0.29) is 5.91 Å². The van der Waals surface area contributed by atoms with Gasteiger partial charge in [-0.15, -0.1) is 10.2 Å². The van der Waals surface area contributed by atoms with E-state index in [1.54, 1.807) is 12.1 Å². The van der Waals surface area contributed by atoms with E-state index in [1.165, 1.54) is 11.3 Å². The first-order valence-electron chi connectivity index (χ1n) is 7.40. The molecule has 0 saturated carbocycles. The Kier molecular flexibility index (Phi) is 3.76. The van der Waals surface area contributed by atoms with Crippen LogP contribution in [0.3, 0.4) is 0 Å². The third-order valence-electron chi connectivity index (χ3n) is 3.48. The van der Waals surface area contributed by atoms with Crippen LogP contribution in [0.2, 0.25) is 0 Å². The number of benzene rings is 2. The van der Waals surface area contributed by atoms with Gasteiger partial charge in [-0.05, 0) is 24.3 Å². The molecule has 1 amide bonds. The van der Waals surface area contributed by atoms with E-state index in [1.807, 2.05) is 42.5 Å². The van der Waals surface area contributed by atoms with Crippen molar-refractivity contribution in [2.24, 2.45) is 0 Å². The number of nitrogens with zero attached hydrogens (tertiary/aromatic N) is 3. The first kappa shape index (κ1) is 14.5. The second-order valence-electron chi connectivity index (χ2n) is 5.20. The Morgan fingerprint density at radius 2 is 1.83 bits per heavy atom. The lowest BCUT2D eigenvalue weighted by atomic mass is 10.2. The number of fused-ring (bicyclic) bond motifs is 1. The predicted molar refractivity (Wildman–Crippen MR) is 93.2 cm³/mol. The van der Waals surface area contributed by atoms with Gasteiger partial charge in [-0.2, -0.15) is 0 Å². The van der Waals surface area contributed by atoms with Gasteiger partial charge in [0.1, 0.15) is 10.8 Å². The second kappa shape index (κ2) is 6.21. The molecule has 4 aromatic rings. The molecule has 24 heavy (non-hydrogen) atoms. The molecule has 0 spiro atoms. The van der Waals surface area contributed by atoms with Crippen molar-refractivity contribution in [3.63, 3.8) is 0 Å². The van der Waals surface area contributed by atoms with Crippen molar-refractivity contribution in [3.8, 4) is 0 Å². The van der Waals surface area contributed by atoms with Gasteiger partial charge in [0.15, 0.2) is 0 Å². The van der Waals surface area contributed by atoms with Gasteiger partial charge in [-0.25, -0.2) is 4.98 Å². The average Bonchev–Trinajstić information content (AvgIpc) is 3.22. The molecule has 0 bridgehead atoms. The van der Waals surface area contributed by atoms with Crippen LogP contribution < -0.4 is 5.32 Å². The minimum absolute atomic E-state index is 0.193. The topological polar surface area (TPSA) is 83.6 Å². The summed E-state index contributed by atoms with van der Waals surface area (Å²) in [5.41, 5.74) is 2.51. The Balaban J connectivity index is 1.47. The van der Waals surface area contributed by atoms with E-state index >= 15 is 0 Å². The Morgan fingerprint density at radius 1 is 1.04 bits per heavy atom. The molecule has 0 unspecified atom stereocenters. The molecule has 2 heterocycles. The van der Waals surface area contributed by atoms with Crippen LogP contribution in [-0.4, -0.2) is 26.1 Å². The quantitative estimate of drug-likeness (QED) is 0.599. The fraction of sp³-hybridized carbons (Fsp3) is 0.0588. The van der Waals surface area contributed by atoms with E-state index in [0.717, 1.165) is 21.9 Å². The number of imidazole rings is 1. The van der Waals surface area contributed by atoms with Crippen LogP contribution >= 0.6 is 11.3 Å². The number of nitrogens with one attached hydrogen (secondary N) is 2. The number of hydrogen-bond acceptors (Lipinski definition) is 5. The third kappa shape index (κ3) is 3.02. The molecular weight excluding hydrogens is 322 g/mol. The number of hydrogen-bond donors (Lipinski definition) is 2. The van der Waals surface area contributed by atoms with Crippen LogP contribution in [0.25, 0.3) is 11.0 Å². The highest BCUT2D eigenvalue weighted by Crippen LogP contribution is 2.19. The number of rotatable bonds is 4. The van der Waals surface area contributed by atoms with Crippen LogP contribution in [0.5, 0.6) is 0 Å². The van der Waals surface area contributed by atoms with E-state index < -0.39 is 0 Å². The van der Waals surface area contributed by atoms with Crippen molar-refractivity contribution >= 4 is 33.4 Å². The van der Waals surface area contributed by atoms with Crippen molar-refractivity contribution in [1.82, 2.24) is 20.2 Å². The molecule has 0 atom stereocenters. The first-order chi connectivity index (χ1) is 11.8. The highest BCUT2D eigenvalue weighted by molar-refractivity contribution is 7.15. The van der Waals surface area contributed by atoms with Gasteiger partial charge in [-0.3, -0.25) is 10.1 Å². The third-order valence-corrected chi connectivity index (χ3v) is 4.32. The zero-order chi connectivity index (χ0) is 16.4. The van der Waals surface area contributed by atoms with Gasteiger partial charge < -0.3 is 4.98 Å². The van der Waals surface area contributed by atoms with E-state index in [4.69, 9.17) is 0 Å². The molecule has 2 N–H and O–H groups in total. The minimum atomic E-state index is -0.193. The van der Waals surface area contributed by atoms with Crippen LogP contribution in [-0.2, 0) is 6.42 Å². The summed E-state index contributed by atoms with van der Waals surface area (Å²) in [6, 6.07) is 16.9. The van der Waals surface area contributed by atoms with Crippen molar-refractivity contribution in [2.45, 2.75) is 6.42 Å². The van der Waals surface area contributed by atoms with E-state index in [9.17, 15) is 4.79 Å². The molecule has 0 aliphatic carbocycles. The number of anilines is 1. The fourth-order valence-electron chi connectivity index (χ4n) is 2.37. The Bertz CT molecular complexity index is 959. The zero-order valence-corrected chi connectivity index (χ0v) is 13.4. The van der Waals surface area contributed by atoms with Gasteiger partial charge in [0.05, 0.1) is 17.5 Å². The maximum absolute atomic E-state index is 12.1. The van der Waals surface area contributed by atoms with Crippen molar-refractivity contribution < 1.29 is 4.79 Å². The normalized spacial score (nSPS) is 10.8. The number of carbonyl (C=O) groups is 1. The molecule has 0 aliphatic heterocycles. The molecule has 6 nitrogen and oxygen atoms in total. The van der Waals surface area contributed by atoms with Crippen LogP contribution in [0.15, 0.2) is 54.6 Å². The molecule has 118 valence electrons. The van der Waals surface area contributed by atoms with Gasteiger partial charge in [0, 0.05) is 5.56 Å². The summed E-state index contributed by atoms with van der Waals surface area (Å²) in [6.07, 6.45) is 0.549. The van der Waals surface area contributed by atoms with E-state index in [0.29, 0.717) is 17.1 Å². The van der Waals surface area contributed by atoms with E-state index in [2.05, 4.69) is 25.5 Å². The van der Waals surface area contributed by atoms with Gasteiger partial charge in [0.25, 0.3) is 5.91 Å². The lowest BCUT2D eigenvalue weighted by Gasteiger charge is -1.99. The average molecular weight is 335 g/mol. The Labute approximate surface area is 141 Å². The second-order valence-corrected chi connectivity index (χ2v) is 6.26. The number of para-hydroxylation sites is 2. The fourth-order valence-corrected chi connectivity index (χ4v) is 3.11. The maximum Gasteiger partial charge on any atom is 0.257 e. The summed E-state index contributed by atoms with van der Waals surface area (Å²) < 4.78 is 0. The van der Waals surface area contributed by atoms with Crippen LogP contribution in [0, 0.1) is 0 Å². The van der Waals surface area contributed by atoms with Crippen LogP contribution in [0.1, 0.15) is 21.2 Å². The number of H-pyrrole nitrogens is 1. The smallest absolute Gasteiger partial charge is 0.257 e. The Morgan fingerprint density at radius 3 is 2.67 bits per heavy atom. The van der Waals surface area contributed by atoms with Crippen LogP contribution in [0.4, 0.5) is 5.13 Å². The van der Waals surface area contributed by atoms with Crippen molar-refractivity contribution in [2.75, 3.05) is 5.32 Å². The Hall–Kier alpha value is -3.06. The highest BCUT2D eigenvalue weighted by atomic mass is 32.1. The highest BCUT2D eigenvalue weighted by Gasteiger charge is 2.11. The van der Waals surface area contributed by atoms with Gasteiger partial charge >= 0.3 is 0 Å². The standard InChI is InChI=1S/C17H13N5OS/c23-16(11-6-2-1-3-7-11)20-17-22-21-15(24-17)10-14-18-12-8-4-5-9-13(12)19-14/h1-9H,10H2,(H,18,19)(H,20,22,23). The minimum Gasteiger partial charge on any atom is -0.342 e. The zero-order valence-electron chi connectivity index (χ0n) is 12.6. The van der Waals surface area contributed by atoms with Gasteiger partial charge in [-0.1, -0.05) is 41.7 Å². The number of amides is 1. The first-order valence-corrected chi connectivity index (χ1v) is 8.22. The number of aromatic nitrogens is 4. The predicted octanol–water partition coefficient (Wildman–Crippen LogP) is 3.26. The van der Waals surface area contributed by atoms with Crippen molar-refractivity contribution in [1.29, 1.82) is 0 Å². The summed E-state index contributed by atoms with van der Waals surface area (Å²) in [6.45, 7) is 0. The molecule has 0 aliphatic rings. The summed E-state index contributed by atoms with van der Waals surface area (Å²) in [7, 11) is 0. The SMILES string of the molecule is O=C(Nc1nnc(Cc2nc3ccccc3[nH]2)s1)c1ccccc1. The molecule has 0 fully saturated rings. The molecule has 0 saturated heterocycles. The number of carbonyl (C=O) groups excluding carboxylic acids is 1. The molecular formula is C17H13N5OS. The maximum atomic E-state index is 12.1. The largest absolute Gasteiger partial charge is 0.342 e. The molecule has 4 rings (SSSR count). The summed E-state index contributed by atoms with van der Waals surface area (Å²) in [4.78, 5) is 19.9. The lowest BCUT2D eigenvalue weighted by Crippen LogP contribution is -2.11. The molecule has 2 aromatic carbocycles. The van der Waals surface area contributed by atoms with Crippen molar-refractivity contribution in [3.05, 3.63) is 71.0 Å². The molecule has 7 heteroatoms. The molecule has 0 radical (unpaired) electrons. The summed E-state index contributed by atoms with van der Waals surface area (Å²) in [5.74, 6) is 0.635. The molecule has 2 aromatic heterocycles. The van der Waals surface area contributed by atoms with Gasteiger partial charge in [0.2, 0.25) is 5.13 Å². The number of aromatic amines is 1. The monoisotopic (exact) mass is 335 g/mol.